The molecule has 0 spiro atoms. The first-order chi connectivity index (χ1) is 7.17. The zero-order valence-electron chi connectivity index (χ0n) is 8.62. The van der Waals surface area contributed by atoms with Crippen LogP contribution in [0.15, 0.2) is 0 Å². The number of hydrogen-bond acceptors (Lipinski definition) is 3. The first-order valence-corrected chi connectivity index (χ1v) is 4.50. The van der Waals surface area contributed by atoms with Gasteiger partial charge in [-0.05, 0) is 6.42 Å². The summed E-state index contributed by atoms with van der Waals surface area (Å²) < 4.78 is 36.2. The summed E-state index contributed by atoms with van der Waals surface area (Å²) in [4.78, 5) is 21.8. The molecule has 0 aliphatic heterocycles. The van der Waals surface area contributed by atoms with Crippen molar-refractivity contribution in [3.8, 4) is 0 Å². The van der Waals surface area contributed by atoms with E-state index in [0.29, 0.717) is 0 Å². The first-order valence-electron chi connectivity index (χ1n) is 4.50. The molecule has 0 aliphatic rings. The lowest BCUT2D eigenvalue weighted by atomic mass is 10.2. The summed E-state index contributed by atoms with van der Waals surface area (Å²) in [7, 11) is 0. The van der Waals surface area contributed by atoms with Crippen molar-refractivity contribution in [1.82, 2.24) is 4.90 Å². The van der Waals surface area contributed by atoms with Crippen LogP contribution < -0.4 is 5.73 Å². The number of alkyl halides is 3. The van der Waals surface area contributed by atoms with Crippen LogP contribution in [-0.2, 0) is 9.59 Å². The molecule has 0 bridgehead atoms. The Balaban J connectivity index is 4.66. The highest BCUT2D eigenvalue weighted by atomic mass is 19.4. The third kappa shape index (κ3) is 5.54. The average Bonchev–Trinajstić information content (AvgIpc) is 2.11. The van der Waals surface area contributed by atoms with E-state index in [1.165, 1.54) is 6.92 Å². The van der Waals surface area contributed by atoms with E-state index in [-0.39, 0.29) is 11.3 Å². The fourth-order valence-corrected chi connectivity index (χ4v) is 1.00. The number of carboxylic acid groups (broad SMARTS) is 1. The van der Waals surface area contributed by atoms with Crippen LogP contribution in [0.2, 0.25) is 0 Å². The maximum Gasteiger partial charge on any atom is 0.406 e. The SMILES string of the molecule is CCC(N)C(=O)N(CC(=O)O)CC(F)(F)F. The van der Waals surface area contributed by atoms with Crippen molar-refractivity contribution in [2.75, 3.05) is 13.1 Å². The molecule has 0 saturated heterocycles. The number of aliphatic carboxylic acids is 1. The molecule has 0 rings (SSSR count). The van der Waals surface area contributed by atoms with E-state index < -0.39 is 37.2 Å². The lowest BCUT2D eigenvalue weighted by Gasteiger charge is -2.24. The number of carboxylic acids is 1. The van der Waals surface area contributed by atoms with E-state index in [2.05, 4.69) is 0 Å². The van der Waals surface area contributed by atoms with Crippen molar-refractivity contribution in [2.45, 2.75) is 25.6 Å². The Morgan fingerprint density at radius 2 is 1.94 bits per heavy atom. The van der Waals surface area contributed by atoms with Crippen LogP contribution >= 0.6 is 0 Å². The van der Waals surface area contributed by atoms with E-state index in [9.17, 15) is 22.8 Å². The maximum atomic E-state index is 12.1. The number of halogens is 3. The van der Waals surface area contributed by atoms with Gasteiger partial charge in [0.25, 0.3) is 0 Å². The monoisotopic (exact) mass is 242 g/mol. The van der Waals surface area contributed by atoms with Gasteiger partial charge in [0.15, 0.2) is 0 Å². The molecule has 0 aromatic rings. The second-order valence-electron chi connectivity index (χ2n) is 3.22. The minimum absolute atomic E-state index is 0.146. The van der Waals surface area contributed by atoms with Crippen LogP contribution in [0.5, 0.6) is 0 Å². The van der Waals surface area contributed by atoms with Crippen molar-refractivity contribution in [1.29, 1.82) is 0 Å². The van der Waals surface area contributed by atoms with Crippen molar-refractivity contribution in [2.24, 2.45) is 5.73 Å². The molecule has 3 N–H and O–H groups in total. The Kier molecular flexibility index (Phi) is 5.22. The molecule has 94 valence electrons. The van der Waals surface area contributed by atoms with Crippen LogP contribution in [0.3, 0.4) is 0 Å². The summed E-state index contributed by atoms with van der Waals surface area (Å²) in [5.74, 6) is -2.52. The molecule has 1 amide bonds. The normalized spacial score (nSPS) is 13.3. The summed E-state index contributed by atoms with van der Waals surface area (Å²) in [5, 5.41) is 8.38. The molecule has 0 aromatic carbocycles. The minimum Gasteiger partial charge on any atom is -0.480 e. The minimum atomic E-state index is -4.64. The smallest absolute Gasteiger partial charge is 0.406 e. The quantitative estimate of drug-likeness (QED) is 0.721. The molecule has 0 fully saturated rings. The van der Waals surface area contributed by atoms with Crippen molar-refractivity contribution in [3.05, 3.63) is 0 Å². The second kappa shape index (κ2) is 5.69. The van der Waals surface area contributed by atoms with Crippen LogP contribution in [0, 0.1) is 0 Å². The summed E-state index contributed by atoms with van der Waals surface area (Å²) in [6.45, 7) is -1.09. The van der Waals surface area contributed by atoms with Gasteiger partial charge in [-0.2, -0.15) is 13.2 Å². The zero-order valence-corrected chi connectivity index (χ0v) is 8.62. The molecular formula is C8H13F3N2O3. The number of carbonyl (C=O) groups is 2. The van der Waals surface area contributed by atoms with Gasteiger partial charge in [0.2, 0.25) is 5.91 Å². The van der Waals surface area contributed by atoms with Gasteiger partial charge in [0.05, 0.1) is 6.04 Å². The summed E-state index contributed by atoms with van der Waals surface area (Å²) in [6.07, 6.45) is -4.49. The van der Waals surface area contributed by atoms with E-state index in [4.69, 9.17) is 10.8 Å². The molecule has 0 radical (unpaired) electrons. The maximum absolute atomic E-state index is 12.1. The van der Waals surface area contributed by atoms with E-state index in [1.54, 1.807) is 0 Å². The largest absolute Gasteiger partial charge is 0.480 e. The Morgan fingerprint density at radius 3 is 2.25 bits per heavy atom. The topological polar surface area (TPSA) is 83.6 Å². The highest BCUT2D eigenvalue weighted by Gasteiger charge is 2.35. The molecule has 0 heterocycles. The summed E-state index contributed by atoms with van der Waals surface area (Å²) in [6, 6.07) is -1.11. The van der Waals surface area contributed by atoms with Gasteiger partial charge in [0.1, 0.15) is 13.1 Å². The number of rotatable bonds is 5. The molecular weight excluding hydrogens is 229 g/mol. The van der Waals surface area contributed by atoms with E-state index in [1.807, 2.05) is 0 Å². The highest BCUT2D eigenvalue weighted by Crippen LogP contribution is 2.17. The van der Waals surface area contributed by atoms with Gasteiger partial charge >= 0.3 is 12.1 Å². The third-order valence-corrected chi connectivity index (χ3v) is 1.76. The molecule has 0 aliphatic carbocycles. The molecule has 0 aromatic heterocycles. The standard InChI is InChI=1S/C8H13F3N2O3/c1-2-5(12)7(16)13(3-6(14)15)4-8(9,10)11/h5H,2-4,12H2,1H3,(H,14,15). The molecule has 5 nitrogen and oxygen atoms in total. The fourth-order valence-electron chi connectivity index (χ4n) is 1.00. The van der Waals surface area contributed by atoms with Crippen LogP contribution in [-0.4, -0.2) is 47.2 Å². The fraction of sp³-hybridized carbons (Fsp3) is 0.750. The highest BCUT2D eigenvalue weighted by molar-refractivity contribution is 5.85. The van der Waals surface area contributed by atoms with Crippen molar-refractivity contribution < 1.29 is 27.9 Å². The summed E-state index contributed by atoms with van der Waals surface area (Å²) >= 11 is 0. The lowest BCUT2D eigenvalue weighted by Crippen LogP contribution is -2.49. The number of hydrogen-bond donors (Lipinski definition) is 2. The van der Waals surface area contributed by atoms with Gasteiger partial charge in [-0.1, -0.05) is 6.92 Å². The summed E-state index contributed by atoms with van der Waals surface area (Å²) in [5.41, 5.74) is 5.26. The van der Waals surface area contributed by atoms with Gasteiger partial charge in [-0.3, -0.25) is 9.59 Å². The number of carbonyl (C=O) groups excluding carboxylic acids is 1. The van der Waals surface area contributed by atoms with E-state index >= 15 is 0 Å². The molecule has 16 heavy (non-hydrogen) atoms. The Bertz CT molecular complexity index is 268. The number of nitrogens with zero attached hydrogens (tertiary/aromatic N) is 1. The zero-order chi connectivity index (χ0) is 12.9. The van der Waals surface area contributed by atoms with Crippen LogP contribution in [0.1, 0.15) is 13.3 Å². The number of nitrogens with two attached hydrogens (primary N) is 1. The van der Waals surface area contributed by atoms with Gasteiger partial charge < -0.3 is 15.7 Å². The third-order valence-electron chi connectivity index (χ3n) is 1.76. The van der Waals surface area contributed by atoms with E-state index in [0.717, 1.165) is 0 Å². The van der Waals surface area contributed by atoms with Crippen LogP contribution in [0.4, 0.5) is 13.2 Å². The van der Waals surface area contributed by atoms with Gasteiger partial charge in [-0.15, -0.1) is 0 Å². The van der Waals surface area contributed by atoms with Crippen LogP contribution in [0.25, 0.3) is 0 Å². The Morgan fingerprint density at radius 1 is 1.44 bits per heavy atom. The predicted molar refractivity (Wildman–Crippen MR) is 48.5 cm³/mol. The number of amides is 1. The first kappa shape index (κ1) is 14.7. The molecule has 0 saturated carbocycles. The predicted octanol–water partition coefficient (Wildman–Crippen LogP) is 0.199. The average molecular weight is 242 g/mol. The molecule has 1 unspecified atom stereocenters. The molecule has 8 heteroatoms. The lowest BCUT2D eigenvalue weighted by molar-refractivity contribution is -0.166. The second-order valence-corrected chi connectivity index (χ2v) is 3.22. The molecule has 1 atom stereocenters. The van der Waals surface area contributed by atoms with Gasteiger partial charge in [0, 0.05) is 0 Å². The Hall–Kier alpha value is -1.31. The van der Waals surface area contributed by atoms with Crippen molar-refractivity contribution in [3.63, 3.8) is 0 Å². The van der Waals surface area contributed by atoms with Crippen molar-refractivity contribution >= 4 is 11.9 Å². The van der Waals surface area contributed by atoms with Gasteiger partial charge in [-0.25, -0.2) is 0 Å². The Labute approximate surface area is 90.0 Å².